The topological polar surface area (TPSA) is 68.3 Å². The number of hydrogen-bond donors (Lipinski definition) is 1. The molecule has 0 radical (unpaired) electrons. The minimum absolute atomic E-state index is 0.168. The predicted molar refractivity (Wildman–Crippen MR) is 61.7 cm³/mol. The van der Waals surface area contributed by atoms with Crippen LogP contribution in [-0.2, 0) is 9.53 Å². The second kappa shape index (κ2) is 5.07. The van der Waals surface area contributed by atoms with E-state index in [2.05, 4.69) is 10.3 Å². The van der Waals surface area contributed by atoms with E-state index in [1.807, 2.05) is 0 Å². The average molecular weight is 242 g/mol. The number of carbonyl (C=O) groups is 2. The van der Waals surface area contributed by atoms with Crippen LogP contribution in [0, 0.1) is 6.92 Å². The van der Waals surface area contributed by atoms with Crippen LogP contribution < -0.4 is 5.32 Å². The number of esters is 1. The molecule has 0 fully saturated rings. The zero-order chi connectivity index (χ0) is 12.3. The monoisotopic (exact) mass is 242 g/mol. The molecule has 0 atom stereocenters. The van der Waals surface area contributed by atoms with Crippen molar-refractivity contribution in [3.63, 3.8) is 0 Å². The van der Waals surface area contributed by atoms with E-state index in [0.29, 0.717) is 15.7 Å². The van der Waals surface area contributed by atoms with Gasteiger partial charge in [0.2, 0.25) is 5.91 Å². The van der Waals surface area contributed by atoms with Gasteiger partial charge in [-0.15, -0.1) is 0 Å². The van der Waals surface area contributed by atoms with Gasteiger partial charge in [0, 0.05) is 6.92 Å². The van der Waals surface area contributed by atoms with Gasteiger partial charge in [-0.05, 0) is 20.8 Å². The summed E-state index contributed by atoms with van der Waals surface area (Å²) in [6.07, 6.45) is -0.168. The van der Waals surface area contributed by atoms with Crippen molar-refractivity contribution in [3.8, 4) is 0 Å². The van der Waals surface area contributed by atoms with E-state index in [9.17, 15) is 9.59 Å². The van der Waals surface area contributed by atoms with Crippen LogP contribution in [0.5, 0.6) is 0 Å². The summed E-state index contributed by atoms with van der Waals surface area (Å²) in [5.74, 6) is -0.612. The number of anilines is 1. The first-order chi connectivity index (χ1) is 7.40. The van der Waals surface area contributed by atoms with Gasteiger partial charge < -0.3 is 10.1 Å². The molecule has 1 heterocycles. The third kappa shape index (κ3) is 3.30. The summed E-state index contributed by atoms with van der Waals surface area (Å²) < 4.78 is 5.05. The van der Waals surface area contributed by atoms with Crippen molar-refractivity contribution in [2.45, 2.75) is 33.8 Å². The Morgan fingerprint density at radius 1 is 1.44 bits per heavy atom. The van der Waals surface area contributed by atoms with Crippen molar-refractivity contribution in [2.75, 3.05) is 5.32 Å². The molecule has 1 aromatic rings. The molecule has 6 heteroatoms. The highest BCUT2D eigenvalue weighted by molar-refractivity contribution is 7.17. The van der Waals surface area contributed by atoms with E-state index in [0.717, 1.165) is 11.3 Å². The van der Waals surface area contributed by atoms with Crippen LogP contribution in [0.1, 0.15) is 36.1 Å². The second-order valence-electron chi connectivity index (χ2n) is 3.57. The molecule has 0 bridgehead atoms. The van der Waals surface area contributed by atoms with Crippen LogP contribution in [0.3, 0.4) is 0 Å². The number of aryl methyl sites for hydroxylation is 1. The number of hydrogen-bond acceptors (Lipinski definition) is 5. The summed E-state index contributed by atoms with van der Waals surface area (Å²) >= 11 is 1.12. The maximum absolute atomic E-state index is 11.6. The lowest BCUT2D eigenvalue weighted by molar-refractivity contribution is -0.114. The molecular weight excluding hydrogens is 228 g/mol. The summed E-state index contributed by atoms with van der Waals surface area (Å²) in [6, 6.07) is 0. The minimum Gasteiger partial charge on any atom is -0.459 e. The van der Waals surface area contributed by atoms with Gasteiger partial charge in [0.15, 0.2) is 5.13 Å². The Kier molecular flexibility index (Phi) is 4.00. The number of thiazole rings is 1. The van der Waals surface area contributed by atoms with Gasteiger partial charge in [-0.25, -0.2) is 9.78 Å². The highest BCUT2D eigenvalue weighted by atomic mass is 32.1. The van der Waals surface area contributed by atoms with E-state index in [1.165, 1.54) is 6.92 Å². The second-order valence-corrected chi connectivity index (χ2v) is 4.57. The number of rotatable bonds is 3. The van der Waals surface area contributed by atoms with Crippen molar-refractivity contribution in [1.82, 2.24) is 4.98 Å². The molecule has 0 spiro atoms. The largest absolute Gasteiger partial charge is 0.459 e. The molecular formula is C10H14N2O3S. The van der Waals surface area contributed by atoms with Gasteiger partial charge in [-0.3, -0.25) is 4.79 Å². The Morgan fingerprint density at radius 2 is 2.06 bits per heavy atom. The fourth-order valence-corrected chi connectivity index (χ4v) is 1.95. The van der Waals surface area contributed by atoms with Gasteiger partial charge in [0.25, 0.3) is 0 Å². The molecule has 0 aliphatic heterocycles. The Bertz CT molecular complexity index is 412. The summed E-state index contributed by atoms with van der Waals surface area (Å²) in [5.41, 5.74) is 0.569. The molecule has 16 heavy (non-hydrogen) atoms. The molecule has 0 unspecified atom stereocenters. The Hall–Kier alpha value is -1.43. The number of aromatic nitrogens is 1. The maximum atomic E-state index is 11.6. The Labute approximate surface area is 97.8 Å². The van der Waals surface area contributed by atoms with Crippen molar-refractivity contribution >= 4 is 28.3 Å². The third-order valence-corrected chi connectivity index (χ3v) is 2.66. The van der Waals surface area contributed by atoms with Crippen LogP contribution in [0.15, 0.2) is 0 Å². The quantitative estimate of drug-likeness (QED) is 0.823. The third-order valence-electron chi connectivity index (χ3n) is 1.61. The van der Waals surface area contributed by atoms with E-state index in [-0.39, 0.29) is 12.0 Å². The zero-order valence-corrected chi connectivity index (χ0v) is 10.5. The van der Waals surface area contributed by atoms with Gasteiger partial charge in [0.1, 0.15) is 4.88 Å². The lowest BCUT2D eigenvalue weighted by atomic mass is 10.4. The number of nitrogens with one attached hydrogen (secondary N) is 1. The summed E-state index contributed by atoms with van der Waals surface area (Å²) in [6.45, 7) is 6.66. The number of nitrogens with zero attached hydrogens (tertiary/aromatic N) is 1. The molecule has 1 amide bonds. The van der Waals surface area contributed by atoms with Gasteiger partial charge in [-0.2, -0.15) is 0 Å². The molecule has 1 N–H and O–H groups in total. The first-order valence-electron chi connectivity index (χ1n) is 4.86. The van der Waals surface area contributed by atoms with Gasteiger partial charge in [0.05, 0.1) is 11.8 Å². The zero-order valence-electron chi connectivity index (χ0n) is 9.66. The van der Waals surface area contributed by atoms with Gasteiger partial charge >= 0.3 is 5.97 Å². The molecule has 5 nitrogen and oxygen atoms in total. The fourth-order valence-electron chi connectivity index (χ4n) is 1.06. The van der Waals surface area contributed by atoms with E-state index < -0.39 is 5.97 Å². The molecule has 1 rings (SSSR count). The van der Waals surface area contributed by atoms with E-state index >= 15 is 0 Å². The normalized spacial score (nSPS) is 10.3. The summed E-state index contributed by atoms with van der Waals surface area (Å²) in [4.78, 5) is 26.9. The predicted octanol–water partition coefficient (Wildman–Crippen LogP) is 1.98. The number of ether oxygens (including phenoxy) is 1. The lowest BCUT2D eigenvalue weighted by Crippen LogP contribution is -2.11. The van der Waals surface area contributed by atoms with Crippen LogP contribution >= 0.6 is 11.3 Å². The van der Waals surface area contributed by atoms with Crippen molar-refractivity contribution in [2.24, 2.45) is 0 Å². The molecule has 0 aliphatic rings. The first-order valence-corrected chi connectivity index (χ1v) is 5.67. The fraction of sp³-hybridized carbons (Fsp3) is 0.500. The summed E-state index contributed by atoms with van der Waals surface area (Å²) in [7, 11) is 0. The molecule has 0 aromatic carbocycles. The van der Waals surface area contributed by atoms with Crippen LogP contribution in [0.25, 0.3) is 0 Å². The van der Waals surface area contributed by atoms with Gasteiger partial charge in [-0.1, -0.05) is 11.3 Å². The van der Waals surface area contributed by atoms with Crippen molar-refractivity contribution in [1.29, 1.82) is 0 Å². The average Bonchev–Trinajstić information content (AvgIpc) is 2.44. The SMILES string of the molecule is CC(=O)Nc1nc(C)c(C(=O)OC(C)C)s1. The number of carbonyl (C=O) groups excluding carboxylic acids is 2. The van der Waals surface area contributed by atoms with E-state index in [1.54, 1.807) is 20.8 Å². The first kappa shape index (κ1) is 12.6. The van der Waals surface area contributed by atoms with E-state index in [4.69, 9.17) is 4.74 Å². The summed E-state index contributed by atoms with van der Waals surface area (Å²) in [5, 5.41) is 2.95. The van der Waals surface area contributed by atoms with Crippen molar-refractivity contribution in [3.05, 3.63) is 10.6 Å². The Balaban J connectivity index is 2.84. The lowest BCUT2D eigenvalue weighted by Gasteiger charge is -2.05. The molecule has 1 aromatic heterocycles. The van der Waals surface area contributed by atoms with Crippen LogP contribution in [0.2, 0.25) is 0 Å². The van der Waals surface area contributed by atoms with Crippen LogP contribution in [-0.4, -0.2) is 23.0 Å². The Morgan fingerprint density at radius 3 is 2.56 bits per heavy atom. The van der Waals surface area contributed by atoms with Crippen molar-refractivity contribution < 1.29 is 14.3 Å². The molecule has 0 aliphatic carbocycles. The highest BCUT2D eigenvalue weighted by Gasteiger charge is 2.17. The molecule has 88 valence electrons. The standard InChI is InChI=1S/C10H14N2O3S/c1-5(2)15-9(14)8-6(3)11-10(16-8)12-7(4)13/h5H,1-4H3,(H,11,12,13). The minimum atomic E-state index is -0.401. The maximum Gasteiger partial charge on any atom is 0.350 e. The van der Waals surface area contributed by atoms with Crippen LogP contribution in [0.4, 0.5) is 5.13 Å². The number of amides is 1. The molecule has 0 saturated heterocycles. The highest BCUT2D eigenvalue weighted by Crippen LogP contribution is 2.23. The molecule has 0 saturated carbocycles. The smallest absolute Gasteiger partial charge is 0.350 e.